The van der Waals surface area contributed by atoms with Crippen molar-refractivity contribution < 1.29 is 0 Å². The van der Waals surface area contributed by atoms with Gasteiger partial charge in [-0.05, 0) is 24.6 Å². The second kappa shape index (κ2) is 7.09. The van der Waals surface area contributed by atoms with Crippen molar-refractivity contribution in [3.63, 3.8) is 0 Å². The predicted octanol–water partition coefficient (Wildman–Crippen LogP) is 2.84. The van der Waals surface area contributed by atoms with Gasteiger partial charge in [-0.15, -0.1) is 0 Å². The topological polar surface area (TPSA) is 67.1 Å². The number of aromatic nitrogens is 2. The van der Waals surface area contributed by atoms with Crippen LogP contribution in [0.25, 0.3) is 6.08 Å². The molecule has 0 saturated heterocycles. The summed E-state index contributed by atoms with van der Waals surface area (Å²) < 4.78 is 0. The van der Waals surface area contributed by atoms with Crippen molar-refractivity contribution in [3.05, 3.63) is 71.6 Å². The maximum atomic E-state index is 5.40. The lowest BCUT2D eigenvalue weighted by atomic mass is 10.1. The summed E-state index contributed by atoms with van der Waals surface area (Å²) in [5.41, 5.74) is 3.91. The van der Waals surface area contributed by atoms with Gasteiger partial charge in [0.2, 0.25) is 0 Å². The third kappa shape index (κ3) is 4.24. The van der Waals surface area contributed by atoms with Crippen molar-refractivity contribution in [1.82, 2.24) is 10.2 Å². The summed E-state index contributed by atoms with van der Waals surface area (Å²) in [5, 5.41) is 10.8. The second-order valence-corrected chi connectivity index (χ2v) is 4.47. The fourth-order valence-electron chi connectivity index (χ4n) is 1.80. The smallest absolute Gasteiger partial charge is 0.0685 e. The van der Waals surface area contributed by atoms with Gasteiger partial charge in [-0.2, -0.15) is 10.2 Å². The highest BCUT2D eigenvalue weighted by atomic mass is 15.1. The number of aryl methyl sites for hydroxylation is 1. The largest absolute Gasteiger partial charge is 0.323 e. The second-order valence-electron chi connectivity index (χ2n) is 4.47. The van der Waals surface area contributed by atoms with E-state index in [-0.39, 0.29) is 0 Å². The Labute approximate surface area is 118 Å². The fraction of sp³-hybridized carbons (Fsp3) is 0.125. The molecule has 0 fully saturated rings. The fourth-order valence-corrected chi connectivity index (χ4v) is 1.80. The van der Waals surface area contributed by atoms with E-state index < -0.39 is 0 Å². The molecule has 20 heavy (non-hydrogen) atoms. The minimum atomic E-state index is 0.622. The average molecular weight is 266 g/mol. The Balaban J connectivity index is 1.93. The molecular formula is C16H18N4. The molecule has 1 aromatic heterocycles. The van der Waals surface area contributed by atoms with Crippen LogP contribution in [0.4, 0.5) is 0 Å². The maximum absolute atomic E-state index is 5.40. The lowest BCUT2D eigenvalue weighted by Crippen LogP contribution is -2.03. The van der Waals surface area contributed by atoms with Crippen LogP contribution in [0.15, 0.2) is 59.7 Å². The van der Waals surface area contributed by atoms with Gasteiger partial charge in [0, 0.05) is 12.1 Å². The highest BCUT2D eigenvalue weighted by Crippen LogP contribution is 2.03. The minimum absolute atomic E-state index is 0.622. The number of rotatable bonds is 5. The molecule has 0 aliphatic rings. The van der Waals surface area contributed by atoms with Gasteiger partial charge in [-0.1, -0.05) is 48.6 Å². The van der Waals surface area contributed by atoms with E-state index in [4.69, 9.17) is 5.84 Å². The average Bonchev–Trinajstić information content (AvgIpc) is 2.88. The van der Waals surface area contributed by atoms with E-state index in [0.29, 0.717) is 6.42 Å². The molecule has 0 aliphatic heterocycles. The highest BCUT2D eigenvalue weighted by molar-refractivity contribution is 5.96. The quantitative estimate of drug-likeness (QED) is 0.378. The monoisotopic (exact) mass is 266 g/mol. The van der Waals surface area contributed by atoms with Crippen LogP contribution >= 0.6 is 0 Å². The third-order valence-electron chi connectivity index (χ3n) is 2.78. The van der Waals surface area contributed by atoms with Crippen LogP contribution in [-0.2, 0) is 6.42 Å². The maximum Gasteiger partial charge on any atom is 0.0685 e. The first-order valence-electron chi connectivity index (χ1n) is 6.45. The number of benzene rings is 1. The molecule has 4 nitrogen and oxygen atoms in total. The molecule has 0 saturated carbocycles. The number of aromatic amines is 1. The Kier molecular flexibility index (Phi) is 4.89. The van der Waals surface area contributed by atoms with Crippen molar-refractivity contribution in [2.45, 2.75) is 13.3 Å². The Morgan fingerprint density at radius 3 is 2.75 bits per heavy atom. The SMILES string of the molecule is Cc1cc(CC(/C=C/C=C/c2ccccc2)=NN)n[nH]1. The minimum Gasteiger partial charge on any atom is -0.323 e. The lowest BCUT2D eigenvalue weighted by Gasteiger charge is -1.95. The first-order valence-corrected chi connectivity index (χ1v) is 6.45. The van der Waals surface area contributed by atoms with E-state index in [1.807, 2.05) is 55.5 Å². The van der Waals surface area contributed by atoms with Crippen molar-refractivity contribution in [1.29, 1.82) is 0 Å². The van der Waals surface area contributed by atoms with Crippen LogP contribution in [0, 0.1) is 6.92 Å². The van der Waals surface area contributed by atoms with E-state index in [9.17, 15) is 0 Å². The van der Waals surface area contributed by atoms with Gasteiger partial charge < -0.3 is 5.84 Å². The molecule has 0 aliphatic carbocycles. The van der Waals surface area contributed by atoms with Gasteiger partial charge in [0.15, 0.2) is 0 Å². The van der Waals surface area contributed by atoms with Crippen LogP contribution in [0.1, 0.15) is 17.0 Å². The van der Waals surface area contributed by atoms with Crippen LogP contribution in [0.3, 0.4) is 0 Å². The standard InChI is InChI=1S/C16H18N4/c1-13-11-16(20-19-13)12-15(18-17)10-6-5-9-14-7-3-2-4-8-14/h2-11H,12,17H2,1H3,(H,19,20)/b9-5+,10-6+,18-15?. The highest BCUT2D eigenvalue weighted by Gasteiger charge is 2.01. The Morgan fingerprint density at radius 1 is 1.30 bits per heavy atom. The van der Waals surface area contributed by atoms with Crippen LogP contribution in [0.2, 0.25) is 0 Å². The molecule has 2 aromatic rings. The number of allylic oxidation sites excluding steroid dienone is 3. The molecule has 0 bridgehead atoms. The normalized spacial score (nSPS) is 12.6. The molecular weight excluding hydrogens is 248 g/mol. The first-order chi connectivity index (χ1) is 9.78. The number of H-pyrrole nitrogens is 1. The number of hydrogen-bond acceptors (Lipinski definition) is 3. The zero-order valence-corrected chi connectivity index (χ0v) is 11.5. The van der Waals surface area contributed by atoms with Crippen LogP contribution < -0.4 is 5.84 Å². The Hall–Kier alpha value is -2.62. The van der Waals surface area contributed by atoms with E-state index in [1.54, 1.807) is 0 Å². The van der Waals surface area contributed by atoms with Crippen molar-refractivity contribution in [3.8, 4) is 0 Å². The molecule has 102 valence electrons. The molecule has 1 heterocycles. The number of hydrogen-bond donors (Lipinski definition) is 2. The summed E-state index contributed by atoms with van der Waals surface area (Å²) in [6.07, 6.45) is 8.44. The number of nitrogens with two attached hydrogens (primary N) is 1. The van der Waals surface area contributed by atoms with Crippen molar-refractivity contribution in [2.75, 3.05) is 0 Å². The molecule has 3 N–H and O–H groups in total. The van der Waals surface area contributed by atoms with Gasteiger partial charge in [-0.25, -0.2) is 0 Å². The summed E-state index contributed by atoms with van der Waals surface area (Å²) in [4.78, 5) is 0. The van der Waals surface area contributed by atoms with Gasteiger partial charge in [0.25, 0.3) is 0 Å². The van der Waals surface area contributed by atoms with Crippen LogP contribution in [0.5, 0.6) is 0 Å². The molecule has 0 radical (unpaired) electrons. The van der Waals surface area contributed by atoms with E-state index in [2.05, 4.69) is 27.4 Å². The molecule has 0 amide bonds. The van der Waals surface area contributed by atoms with Crippen molar-refractivity contribution >= 4 is 11.8 Å². The van der Waals surface area contributed by atoms with E-state index in [1.165, 1.54) is 0 Å². The molecule has 2 rings (SSSR count). The summed E-state index contributed by atoms with van der Waals surface area (Å²) in [6, 6.07) is 12.1. The molecule has 4 heteroatoms. The summed E-state index contributed by atoms with van der Waals surface area (Å²) in [5.74, 6) is 5.40. The number of nitrogens with zero attached hydrogens (tertiary/aromatic N) is 2. The number of nitrogens with one attached hydrogen (secondary N) is 1. The van der Waals surface area contributed by atoms with Crippen LogP contribution in [-0.4, -0.2) is 15.9 Å². The Bertz CT molecular complexity index is 621. The third-order valence-corrected chi connectivity index (χ3v) is 2.78. The molecule has 1 aromatic carbocycles. The molecule has 0 spiro atoms. The van der Waals surface area contributed by atoms with Crippen molar-refractivity contribution in [2.24, 2.45) is 10.9 Å². The summed E-state index contributed by atoms with van der Waals surface area (Å²) >= 11 is 0. The zero-order chi connectivity index (χ0) is 14.2. The lowest BCUT2D eigenvalue weighted by molar-refractivity contribution is 0.998. The molecule has 0 unspecified atom stereocenters. The predicted molar refractivity (Wildman–Crippen MR) is 83.3 cm³/mol. The molecule has 0 atom stereocenters. The van der Waals surface area contributed by atoms with E-state index >= 15 is 0 Å². The Morgan fingerprint density at radius 2 is 2.10 bits per heavy atom. The van der Waals surface area contributed by atoms with E-state index in [0.717, 1.165) is 22.7 Å². The van der Waals surface area contributed by atoms with Gasteiger partial charge in [0.05, 0.1) is 11.4 Å². The zero-order valence-electron chi connectivity index (χ0n) is 11.5. The first kappa shape index (κ1) is 13.8. The van der Waals surface area contributed by atoms with Gasteiger partial charge in [0.1, 0.15) is 0 Å². The summed E-state index contributed by atoms with van der Waals surface area (Å²) in [6.45, 7) is 1.97. The van der Waals surface area contributed by atoms with Gasteiger partial charge >= 0.3 is 0 Å². The number of hydrazone groups is 1. The summed E-state index contributed by atoms with van der Waals surface area (Å²) in [7, 11) is 0. The van der Waals surface area contributed by atoms with Gasteiger partial charge in [-0.3, -0.25) is 5.10 Å².